The summed E-state index contributed by atoms with van der Waals surface area (Å²) in [5.74, 6) is -1.11. The molecule has 0 aliphatic carbocycles. The molecule has 1 rings (SSSR count). The highest BCUT2D eigenvalue weighted by molar-refractivity contribution is 5.87. The Kier molecular flexibility index (Phi) is 6.81. The zero-order valence-electron chi connectivity index (χ0n) is 12.5. The minimum absolute atomic E-state index is 0.122. The molecule has 0 aliphatic rings. The van der Waals surface area contributed by atoms with Crippen LogP contribution in [0, 0.1) is 0 Å². The molecule has 0 heterocycles. The topological polar surface area (TPSA) is 72.2 Å². The highest BCUT2D eigenvalue weighted by Gasteiger charge is 2.30. The molecule has 1 aromatic rings. The summed E-state index contributed by atoms with van der Waals surface area (Å²) >= 11 is 0. The predicted molar refractivity (Wildman–Crippen MR) is 80.3 cm³/mol. The van der Waals surface area contributed by atoms with Crippen LogP contribution in [0.3, 0.4) is 0 Å². The lowest BCUT2D eigenvalue weighted by Gasteiger charge is -2.15. The van der Waals surface area contributed by atoms with Crippen molar-refractivity contribution in [3.8, 4) is 0 Å². The number of carbonyl (C=O) groups excluding carboxylic acids is 2. The molecule has 0 unspecified atom stereocenters. The largest absolute Gasteiger partial charge is 0.416 e. The number of hydrogen-bond donors (Lipinski definition) is 2. The molecule has 0 radical (unpaired) electrons. The molecule has 7 heteroatoms. The number of nitrogens with one attached hydrogen (secondary N) is 1. The molecular formula is C16H19F3N2O2. The number of alkyl halides is 3. The van der Waals surface area contributed by atoms with Crippen LogP contribution in [0.1, 0.15) is 30.4 Å². The van der Waals surface area contributed by atoms with E-state index in [2.05, 4.69) is 11.9 Å². The fraction of sp³-hybridized carbons (Fsp3) is 0.375. The lowest BCUT2D eigenvalue weighted by Crippen LogP contribution is -2.44. The minimum Gasteiger partial charge on any atom is -0.368 e. The van der Waals surface area contributed by atoms with Crippen LogP contribution in [0.5, 0.6) is 0 Å². The van der Waals surface area contributed by atoms with Gasteiger partial charge in [0, 0.05) is 0 Å². The van der Waals surface area contributed by atoms with Gasteiger partial charge in [0.2, 0.25) is 11.8 Å². The van der Waals surface area contributed by atoms with Gasteiger partial charge in [-0.25, -0.2) is 0 Å². The standard InChI is InChI=1S/C16H19F3N2O2/c1-2-3-4-5-13(15(20)23)21-14(22)10-11-6-8-12(9-7-11)16(17,18)19/h2,6-9,13H,1,3-5,10H2,(H2,20,23)(H,21,22)/t13-/m1/s1. The normalized spacial score (nSPS) is 12.5. The summed E-state index contributed by atoms with van der Waals surface area (Å²) in [6, 6.07) is 3.51. The lowest BCUT2D eigenvalue weighted by atomic mass is 10.1. The van der Waals surface area contributed by atoms with Gasteiger partial charge in [-0.05, 0) is 37.0 Å². The quantitative estimate of drug-likeness (QED) is 0.569. The number of primary amides is 1. The number of benzene rings is 1. The average Bonchev–Trinajstić information content (AvgIpc) is 2.45. The Morgan fingerprint density at radius 3 is 2.35 bits per heavy atom. The zero-order chi connectivity index (χ0) is 17.5. The summed E-state index contributed by atoms with van der Waals surface area (Å²) in [6.45, 7) is 3.56. The van der Waals surface area contributed by atoms with E-state index in [1.165, 1.54) is 12.1 Å². The highest BCUT2D eigenvalue weighted by Crippen LogP contribution is 2.29. The van der Waals surface area contributed by atoms with Gasteiger partial charge in [-0.2, -0.15) is 13.2 Å². The van der Waals surface area contributed by atoms with Gasteiger partial charge in [-0.1, -0.05) is 18.2 Å². The Hall–Kier alpha value is -2.31. The van der Waals surface area contributed by atoms with E-state index >= 15 is 0 Å². The van der Waals surface area contributed by atoms with E-state index in [4.69, 9.17) is 5.73 Å². The van der Waals surface area contributed by atoms with Crippen LogP contribution >= 0.6 is 0 Å². The molecule has 126 valence electrons. The fourth-order valence-corrected chi connectivity index (χ4v) is 1.99. The third-order valence-corrected chi connectivity index (χ3v) is 3.23. The van der Waals surface area contributed by atoms with Crippen molar-refractivity contribution in [3.05, 3.63) is 48.0 Å². The van der Waals surface area contributed by atoms with Crippen molar-refractivity contribution in [3.63, 3.8) is 0 Å². The summed E-state index contributed by atoms with van der Waals surface area (Å²) in [5, 5.41) is 2.50. The molecule has 1 aromatic carbocycles. The summed E-state index contributed by atoms with van der Waals surface area (Å²) in [7, 11) is 0. The third-order valence-electron chi connectivity index (χ3n) is 3.23. The van der Waals surface area contributed by atoms with Gasteiger partial charge in [-0.15, -0.1) is 6.58 Å². The Labute approximate surface area is 132 Å². The minimum atomic E-state index is -4.41. The van der Waals surface area contributed by atoms with Gasteiger partial charge in [0.1, 0.15) is 6.04 Å². The first-order valence-corrected chi connectivity index (χ1v) is 7.09. The van der Waals surface area contributed by atoms with Gasteiger partial charge >= 0.3 is 6.18 Å². The molecule has 1 atom stereocenters. The molecule has 3 N–H and O–H groups in total. The average molecular weight is 328 g/mol. The molecule has 0 saturated carbocycles. The van der Waals surface area contributed by atoms with Crippen molar-refractivity contribution >= 4 is 11.8 Å². The molecule has 0 aromatic heterocycles. The Balaban J connectivity index is 2.60. The van der Waals surface area contributed by atoms with Crippen molar-refractivity contribution < 1.29 is 22.8 Å². The summed E-state index contributed by atoms with van der Waals surface area (Å²) in [5.41, 5.74) is 4.87. The van der Waals surface area contributed by atoms with Crippen LogP contribution in [0.2, 0.25) is 0 Å². The van der Waals surface area contributed by atoms with Gasteiger partial charge in [-0.3, -0.25) is 9.59 Å². The van der Waals surface area contributed by atoms with Crippen molar-refractivity contribution in [1.82, 2.24) is 5.32 Å². The number of carbonyl (C=O) groups is 2. The highest BCUT2D eigenvalue weighted by atomic mass is 19.4. The number of nitrogens with two attached hydrogens (primary N) is 1. The van der Waals surface area contributed by atoms with E-state index in [0.29, 0.717) is 24.8 Å². The van der Waals surface area contributed by atoms with E-state index in [1.54, 1.807) is 6.08 Å². The maximum atomic E-state index is 12.5. The van der Waals surface area contributed by atoms with E-state index < -0.39 is 29.6 Å². The second-order valence-electron chi connectivity index (χ2n) is 5.11. The number of hydrogen-bond acceptors (Lipinski definition) is 2. The van der Waals surface area contributed by atoms with E-state index in [-0.39, 0.29) is 6.42 Å². The first-order chi connectivity index (χ1) is 10.7. The van der Waals surface area contributed by atoms with Crippen LogP contribution in [-0.4, -0.2) is 17.9 Å². The maximum Gasteiger partial charge on any atom is 0.416 e. The van der Waals surface area contributed by atoms with Crippen LogP contribution < -0.4 is 11.1 Å². The number of allylic oxidation sites excluding steroid dienone is 1. The van der Waals surface area contributed by atoms with E-state index in [1.807, 2.05) is 0 Å². The van der Waals surface area contributed by atoms with Gasteiger partial charge in [0.05, 0.1) is 12.0 Å². The van der Waals surface area contributed by atoms with E-state index in [0.717, 1.165) is 12.1 Å². The van der Waals surface area contributed by atoms with Crippen LogP contribution in [-0.2, 0) is 22.2 Å². The fourth-order valence-electron chi connectivity index (χ4n) is 1.99. The van der Waals surface area contributed by atoms with E-state index in [9.17, 15) is 22.8 Å². The predicted octanol–water partition coefficient (Wildman–Crippen LogP) is 2.57. The van der Waals surface area contributed by atoms with Gasteiger partial charge < -0.3 is 11.1 Å². The van der Waals surface area contributed by atoms with Crippen LogP contribution in [0.15, 0.2) is 36.9 Å². The van der Waals surface area contributed by atoms with Crippen molar-refractivity contribution in [1.29, 1.82) is 0 Å². The van der Waals surface area contributed by atoms with Gasteiger partial charge in [0.25, 0.3) is 0 Å². The molecule has 0 spiro atoms. The molecule has 0 fully saturated rings. The van der Waals surface area contributed by atoms with Crippen molar-refractivity contribution in [2.75, 3.05) is 0 Å². The van der Waals surface area contributed by atoms with Gasteiger partial charge in [0.15, 0.2) is 0 Å². The number of unbranched alkanes of at least 4 members (excludes halogenated alkanes) is 1. The molecular weight excluding hydrogens is 309 g/mol. The number of amides is 2. The Morgan fingerprint density at radius 2 is 1.87 bits per heavy atom. The summed E-state index contributed by atoms with van der Waals surface area (Å²) < 4.78 is 37.4. The third kappa shape index (κ3) is 6.54. The molecule has 0 bridgehead atoms. The van der Waals surface area contributed by atoms with Crippen molar-refractivity contribution in [2.45, 2.75) is 37.9 Å². The first-order valence-electron chi connectivity index (χ1n) is 7.09. The molecule has 0 saturated heterocycles. The van der Waals surface area contributed by atoms with Crippen LogP contribution in [0.25, 0.3) is 0 Å². The Morgan fingerprint density at radius 1 is 1.26 bits per heavy atom. The number of rotatable bonds is 8. The molecule has 4 nitrogen and oxygen atoms in total. The Bertz CT molecular complexity index is 553. The first kappa shape index (κ1) is 18.7. The monoisotopic (exact) mass is 328 g/mol. The smallest absolute Gasteiger partial charge is 0.368 e. The lowest BCUT2D eigenvalue weighted by molar-refractivity contribution is -0.137. The number of halogens is 3. The maximum absolute atomic E-state index is 12.5. The second-order valence-corrected chi connectivity index (χ2v) is 5.11. The summed E-state index contributed by atoms with van der Waals surface area (Å²) in [6.07, 6.45) is -1.11. The molecule has 0 aliphatic heterocycles. The summed E-state index contributed by atoms with van der Waals surface area (Å²) in [4.78, 5) is 23.2. The molecule has 2 amide bonds. The zero-order valence-corrected chi connectivity index (χ0v) is 12.5. The van der Waals surface area contributed by atoms with Crippen molar-refractivity contribution in [2.24, 2.45) is 5.73 Å². The molecule has 23 heavy (non-hydrogen) atoms. The van der Waals surface area contributed by atoms with Crippen LogP contribution in [0.4, 0.5) is 13.2 Å². The second kappa shape index (κ2) is 8.36. The SMILES string of the molecule is C=CCCC[C@@H](NC(=O)Cc1ccc(C(F)(F)F)cc1)C(N)=O.